The largest absolute Gasteiger partial charge is 0.327 e. The lowest BCUT2D eigenvalue weighted by Crippen LogP contribution is -2.43. The molecular weight excluding hydrogens is 208 g/mol. The van der Waals surface area contributed by atoms with Crippen LogP contribution in [0.5, 0.6) is 0 Å². The highest BCUT2D eigenvalue weighted by molar-refractivity contribution is 5.31. The summed E-state index contributed by atoms with van der Waals surface area (Å²) < 4.78 is 28.5. The summed E-state index contributed by atoms with van der Waals surface area (Å²) in [6, 6.07) is 4.45. The number of hydrogen-bond donors (Lipinski definition) is 1. The van der Waals surface area contributed by atoms with Crippen LogP contribution in [0.1, 0.15) is 31.9 Å². The highest BCUT2D eigenvalue weighted by Crippen LogP contribution is 2.43. The van der Waals surface area contributed by atoms with Crippen LogP contribution in [-0.2, 0) is 5.67 Å². The molecule has 0 fully saturated rings. The van der Waals surface area contributed by atoms with Gasteiger partial charge in [0.15, 0.2) is 5.67 Å². The van der Waals surface area contributed by atoms with Gasteiger partial charge in [0.1, 0.15) is 5.82 Å². The second-order valence-corrected chi connectivity index (χ2v) is 5.24. The van der Waals surface area contributed by atoms with Gasteiger partial charge in [-0.15, -0.1) is 0 Å². The molecule has 3 heteroatoms. The van der Waals surface area contributed by atoms with E-state index in [2.05, 4.69) is 0 Å². The van der Waals surface area contributed by atoms with E-state index in [1.165, 1.54) is 12.1 Å². The van der Waals surface area contributed by atoms with Crippen molar-refractivity contribution in [3.63, 3.8) is 0 Å². The minimum atomic E-state index is -1.84. The van der Waals surface area contributed by atoms with Gasteiger partial charge < -0.3 is 5.73 Å². The molecule has 0 bridgehead atoms. The second kappa shape index (κ2) is 4.13. The molecule has 0 saturated heterocycles. The van der Waals surface area contributed by atoms with Crippen molar-refractivity contribution in [3.8, 4) is 0 Å². The Labute approximate surface area is 95.7 Å². The van der Waals surface area contributed by atoms with Crippen molar-refractivity contribution in [3.05, 3.63) is 35.1 Å². The Hall–Kier alpha value is -0.960. The first-order valence-electron chi connectivity index (χ1n) is 5.38. The van der Waals surface area contributed by atoms with Gasteiger partial charge in [-0.2, -0.15) is 0 Å². The molecule has 1 atom stereocenters. The van der Waals surface area contributed by atoms with E-state index in [1.807, 2.05) is 6.92 Å². The van der Waals surface area contributed by atoms with Crippen molar-refractivity contribution in [2.45, 2.75) is 33.4 Å². The molecule has 1 aromatic rings. The molecule has 0 aliphatic carbocycles. The lowest BCUT2D eigenvalue weighted by Gasteiger charge is -2.37. The quantitative estimate of drug-likeness (QED) is 0.824. The Balaban J connectivity index is 3.39. The fraction of sp³-hybridized carbons (Fsp3) is 0.538. The molecule has 1 aromatic carbocycles. The van der Waals surface area contributed by atoms with Crippen LogP contribution < -0.4 is 5.73 Å². The zero-order chi connectivity index (χ0) is 12.6. The maximum Gasteiger partial charge on any atom is 0.155 e. The SMILES string of the molecule is Cc1ccc(F)c(C(F)(CN)C(C)(C)C)c1. The van der Waals surface area contributed by atoms with Crippen molar-refractivity contribution in [1.82, 2.24) is 0 Å². The van der Waals surface area contributed by atoms with Gasteiger partial charge in [0.2, 0.25) is 0 Å². The van der Waals surface area contributed by atoms with Crippen molar-refractivity contribution in [2.24, 2.45) is 11.1 Å². The van der Waals surface area contributed by atoms with Crippen LogP contribution in [0, 0.1) is 18.2 Å². The fourth-order valence-corrected chi connectivity index (χ4v) is 1.76. The fourth-order valence-electron chi connectivity index (χ4n) is 1.76. The Kier molecular flexibility index (Phi) is 3.38. The summed E-state index contributed by atoms with van der Waals surface area (Å²) in [7, 11) is 0. The van der Waals surface area contributed by atoms with Crippen molar-refractivity contribution >= 4 is 0 Å². The molecule has 0 spiro atoms. The smallest absolute Gasteiger partial charge is 0.155 e. The van der Waals surface area contributed by atoms with E-state index in [0.717, 1.165) is 5.56 Å². The third kappa shape index (κ3) is 2.09. The van der Waals surface area contributed by atoms with Gasteiger partial charge in [-0.05, 0) is 19.1 Å². The van der Waals surface area contributed by atoms with Crippen molar-refractivity contribution in [1.29, 1.82) is 0 Å². The summed E-state index contributed by atoms with van der Waals surface area (Å²) in [5, 5.41) is 0. The third-order valence-corrected chi connectivity index (χ3v) is 3.02. The highest BCUT2D eigenvalue weighted by atomic mass is 19.1. The summed E-state index contributed by atoms with van der Waals surface area (Å²) in [6.07, 6.45) is 0. The van der Waals surface area contributed by atoms with Gasteiger partial charge >= 0.3 is 0 Å². The number of aryl methyl sites for hydroxylation is 1. The third-order valence-electron chi connectivity index (χ3n) is 3.02. The Morgan fingerprint density at radius 3 is 2.25 bits per heavy atom. The van der Waals surface area contributed by atoms with Crippen LogP contribution in [0.3, 0.4) is 0 Å². The monoisotopic (exact) mass is 227 g/mol. The van der Waals surface area contributed by atoms with Gasteiger partial charge in [0, 0.05) is 17.5 Å². The Morgan fingerprint density at radius 1 is 1.25 bits per heavy atom. The number of rotatable bonds is 2. The summed E-state index contributed by atoms with van der Waals surface area (Å²) in [6.45, 7) is 6.75. The maximum absolute atomic E-state index is 14.8. The minimum Gasteiger partial charge on any atom is -0.327 e. The number of alkyl halides is 1. The molecule has 90 valence electrons. The first-order chi connectivity index (χ1) is 7.22. The van der Waals surface area contributed by atoms with E-state index in [0.29, 0.717) is 0 Å². The van der Waals surface area contributed by atoms with Crippen LogP contribution in [0.4, 0.5) is 8.78 Å². The van der Waals surface area contributed by atoms with E-state index in [4.69, 9.17) is 5.73 Å². The first kappa shape index (κ1) is 13.1. The molecule has 0 heterocycles. The zero-order valence-corrected chi connectivity index (χ0v) is 10.3. The van der Waals surface area contributed by atoms with Crippen molar-refractivity contribution < 1.29 is 8.78 Å². The van der Waals surface area contributed by atoms with Crippen LogP contribution in [0.15, 0.2) is 18.2 Å². The van der Waals surface area contributed by atoms with Crippen LogP contribution >= 0.6 is 0 Å². The predicted octanol–water partition coefficient (Wildman–Crippen LogP) is 3.30. The van der Waals surface area contributed by atoms with E-state index in [-0.39, 0.29) is 12.1 Å². The predicted molar refractivity (Wildman–Crippen MR) is 62.4 cm³/mol. The molecule has 16 heavy (non-hydrogen) atoms. The second-order valence-electron chi connectivity index (χ2n) is 5.24. The van der Waals surface area contributed by atoms with E-state index >= 15 is 0 Å². The molecule has 0 aromatic heterocycles. The van der Waals surface area contributed by atoms with Crippen molar-refractivity contribution in [2.75, 3.05) is 6.54 Å². The van der Waals surface area contributed by atoms with E-state index in [9.17, 15) is 8.78 Å². The van der Waals surface area contributed by atoms with Crippen LogP contribution in [0.25, 0.3) is 0 Å². The zero-order valence-electron chi connectivity index (χ0n) is 10.3. The van der Waals surface area contributed by atoms with E-state index in [1.54, 1.807) is 26.8 Å². The number of nitrogens with two attached hydrogens (primary N) is 1. The summed E-state index contributed by atoms with van der Waals surface area (Å²) in [5.74, 6) is -0.534. The van der Waals surface area contributed by atoms with Gasteiger partial charge in [0.05, 0.1) is 0 Å². The Bertz CT molecular complexity index is 382. The first-order valence-corrected chi connectivity index (χ1v) is 5.38. The minimum absolute atomic E-state index is 0.0579. The van der Waals surface area contributed by atoms with Crippen LogP contribution in [0.2, 0.25) is 0 Å². The molecular formula is C13H19F2N. The van der Waals surface area contributed by atoms with Crippen LogP contribution in [-0.4, -0.2) is 6.54 Å². The molecule has 0 saturated carbocycles. The molecule has 2 N–H and O–H groups in total. The molecule has 0 amide bonds. The molecule has 0 aliphatic heterocycles. The molecule has 0 radical (unpaired) electrons. The number of hydrogen-bond acceptors (Lipinski definition) is 1. The Morgan fingerprint density at radius 2 is 1.81 bits per heavy atom. The average Bonchev–Trinajstić information content (AvgIpc) is 2.19. The normalized spacial score (nSPS) is 15.9. The lowest BCUT2D eigenvalue weighted by molar-refractivity contribution is 0.0307. The van der Waals surface area contributed by atoms with Gasteiger partial charge in [-0.25, -0.2) is 8.78 Å². The highest BCUT2D eigenvalue weighted by Gasteiger charge is 2.44. The number of benzene rings is 1. The molecule has 0 aliphatic rings. The standard InChI is InChI=1S/C13H19F2N/c1-9-5-6-11(14)10(7-9)13(15,8-16)12(2,3)4/h5-7H,8,16H2,1-4H3. The topological polar surface area (TPSA) is 26.0 Å². The molecule has 1 unspecified atom stereocenters. The lowest BCUT2D eigenvalue weighted by atomic mass is 9.73. The number of halogens is 2. The van der Waals surface area contributed by atoms with Gasteiger partial charge in [-0.1, -0.05) is 32.4 Å². The van der Waals surface area contributed by atoms with Gasteiger partial charge in [0.25, 0.3) is 0 Å². The summed E-state index contributed by atoms with van der Waals surface area (Å²) in [5.41, 5.74) is 3.81. The van der Waals surface area contributed by atoms with Gasteiger partial charge in [-0.3, -0.25) is 0 Å². The molecule has 1 nitrogen and oxygen atoms in total. The summed E-state index contributed by atoms with van der Waals surface area (Å²) in [4.78, 5) is 0. The van der Waals surface area contributed by atoms with E-state index < -0.39 is 16.9 Å². The molecule has 1 rings (SSSR count). The summed E-state index contributed by atoms with van der Waals surface area (Å²) >= 11 is 0. The average molecular weight is 227 g/mol. The maximum atomic E-state index is 14.8.